The summed E-state index contributed by atoms with van der Waals surface area (Å²) in [7, 11) is 0. The first-order chi connectivity index (χ1) is 13.7. The van der Waals surface area contributed by atoms with Crippen molar-refractivity contribution in [3.63, 3.8) is 0 Å². The highest BCUT2D eigenvalue weighted by atomic mass is 19.4. The van der Waals surface area contributed by atoms with Crippen LogP contribution in [0.1, 0.15) is 61.4 Å². The number of hydrogen-bond acceptors (Lipinski definition) is 3. The maximum atomic E-state index is 13.8. The van der Waals surface area contributed by atoms with E-state index >= 15 is 0 Å². The van der Waals surface area contributed by atoms with E-state index < -0.39 is 29.8 Å². The summed E-state index contributed by atoms with van der Waals surface area (Å²) in [6.07, 6.45) is -1.57. The first-order valence-electron chi connectivity index (χ1n) is 9.44. The summed E-state index contributed by atoms with van der Waals surface area (Å²) in [5, 5.41) is 11.1. The van der Waals surface area contributed by atoms with E-state index in [2.05, 4.69) is 4.98 Å². The minimum Gasteiger partial charge on any atom is -0.386 e. The van der Waals surface area contributed by atoms with Gasteiger partial charge >= 0.3 is 6.18 Å². The second-order valence-electron chi connectivity index (χ2n) is 7.29. The summed E-state index contributed by atoms with van der Waals surface area (Å²) >= 11 is 0. The molecule has 156 valence electrons. The van der Waals surface area contributed by atoms with Crippen LogP contribution in [0, 0.1) is 5.95 Å². The van der Waals surface area contributed by atoms with E-state index in [9.17, 15) is 27.5 Å². The Morgan fingerprint density at radius 3 is 2.45 bits per heavy atom. The van der Waals surface area contributed by atoms with Gasteiger partial charge in [0.25, 0.3) is 0 Å². The second-order valence-corrected chi connectivity index (χ2v) is 7.29. The minimum atomic E-state index is -4.57. The normalized spacial score (nSPS) is 17.2. The topological polar surface area (TPSA) is 53.4 Å². The monoisotopic (exact) mass is 410 g/mol. The molecule has 1 saturated carbocycles. The lowest BCUT2D eigenvalue weighted by Gasteiger charge is -2.39. The first kappa shape index (κ1) is 21.2. The van der Waals surface area contributed by atoms with E-state index in [0.29, 0.717) is 0 Å². The smallest absolute Gasteiger partial charge is 0.386 e. The third kappa shape index (κ3) is 4.75. The predicted molar refractivity (Wildman–Crippen MR) is 98.1 cm³/mol. The van der Waals surface area contributed by atoms with Gasteiger partial charge in [0.1, 0.15) is 6.10 Å². The fourth-order valence-electron chi connectivity index (χ4n) is 4.04. The zero-order valence-electron chi connectivity index (χ0n) is 15.9. The second kappa shape index (κ2) is 8.49. The molecule has 1 fully saturated rings. The number of pyridine rings is 1. The van der Waals surface area contributed by atoms with Crippen LogP contribution in [0.15, 0.2) is 42.6 Å². The Bertz CT molecular complexity index is 866. The molecular formula is C21H22F4N2O2. The van der Waals surface area contributed by atoms with Crippen LogP contribution < -0.4 is 0 Å². The summed E-state index contributed by atoms with van der Waals surface area (Å²) in [6, 6.07) is 5.73. The fraction of sp³-hybridized carbons (Fsp3) is 0.429. The number of rotatable bonds is 5. The third-order valence-electron chi connectivity index (χ3n) is 5.33. The van der Waals surface area contributed by atoms with E-state index in [-0.39, 0.29) is 23.1 Å². The van der Waals surface area contributed by atoms with Gasteiger partial charge in [0.2, 0.25) is 11.9 Å². The molecule has 1 aromatic heterocycles. The predicted octanol–water partition coefficient (Wildman–Crippen LogP) is 4.81. The van der Waals surface area contributed by atoms with E-state index in [1.54, 1.807) is 0 Å². The fourth-order valence-corrected chi connectivity index (χ4v) is 4.04. The number of alkyl halides is 3. The van der Waals surface area contributed by atoms with Gasteiger partial charge in [-0.2, -0.15) is 17.6 Å². The van der Waals surface area contributed by atoms with Gasteiger partial charge in [-0.1, -0.05) is 25.0 Å². The molecule has 2 atom stereocenters. The molecule has 2 aromatic rings. The highest BCUT2D eigenvalue weighted by Crippen LogP contribution is 2.40. The SMILES string of the molecule is CC(=O)N(C1CCCC1)C(c1ccnc(F)c1)C(O)c1cccc(C(F)(F)F)c1. The summed E-state index contributed by atoms with van der Waals surface area (Å²) < 4.78 is 53.2. The van der Waals surface area contributed by atoms with Crippen molar-refractivity contribution >= 4 is 5.91 Å². The largest absolute Gasteiger partial charge is 0.416 e. The number of carbonyl (C=O) groups excluding carboxylic acids is 1. The van der Waals surface area contributed by atoms with Crippen LogP contribution in [-0.2, 0) is 11.0 Å². The molecule has 2 unspecified atom stereocenters. The summed E-state index contributed by atoms with van der Waals surface area (Å²) in [5.74, 6) is -1.12. The Kier molecular flexibility index (Phi) is 6.21. The van der Waals surface area contributed by atoms with Crippen molar-refractivity contribution in [2.24, 2.45) is 0 Å². The number of amides is 1. The molecule has 0 saturated heterocycles. The van der Waals surface area contributed by atoms with Gasteiger partial charge in [0.05, 0.1) is 11.6 Å². The van der Waals surface area contributed by atoms with Crippen molar-refractivity contribution in [3.05, 3.63) is 65.2 Å². The van der Waals surface area contributed by atoms with Crippen LogP contribution >= 0.6 is 0 Å². The number of aliphatic hydroxyl groups is 1. The molecule has 0 radical (unpaired) electrons. The van der Waals surface area contributed by atoms with Crippen LogP contribution in [0.4, 0.5) is 17.6 Å². The van der Waals surface area contributed by atoms with Crippen LogP contribution in [-0.4, -0.2) is 26.9 Å². The summed E-state index contributed by atoms with van der Waals surface area (Å²) in [5.41, 5.74) is -0.611. The number of aromatic nitrogens is 1. The average molecular weight is 410 g/mol. The van der Waals surface area contributed by atoms with Crippen molar-refractivity contribution in [1.82, 2.24) is 9.88 Å². The Hall–Kier alpha value is -2.48. The first-order valence-corrected chi connectivity index (χ1v) is 9.44. The molecule has 1 heterocycles. The van der Waals surface area contributed by atoms with Gasteiger partial charge in [-0.3, -0.25) is 4.79 Å². The molecule has 1 aromatic carbocycles. The summed E-state index contributed by atoms with van der Waals surface area (Å²) in [4.78, 5) is 17.5. The van der Waals surface area contributed by atoms with Gasteiger partial charge in [-0.25, -0.2) is 4.98 Å². The van der Waals surface area contributed by atoms with Crippen LogP contribution in [0.25, 0.3) is 0 Å². The lowest BCUT2D eigenvalue weighted by Crippen LogP contribution is -2.43. The molecule has 0 spiro atoms. The van der Waals surface area contributed by atoms with Gasteiger partial charge in [-0.15, -0.1) is 0 Å². The van der Waals surface area contributed by atoms with Crippen molar-refractivity contribution < 1.29 is 27.5 Å². The van der Waals surface area contributed by atoms with Gasteiger partial charge in [0, 0.05) is 19.2 Å². The Balaban J connectivity index is 2.08. The number of halogens is 4. The number of benzene rings is 1. The molecule has 0 aliphatic heterocycles. The lowest BCUT2D eigenvalue weighted by atomic mass is 9.92. The van der Waals surface area contributed by atoms with E-state index in [4.69, 9.17) is 0 Å². The minimum absolute atomic E-state index is 0.00583. The quantitative estimate of drug-likeness (QED) is 0.569. The Morgan fingerprint density at radius 1 is 1.17 bits per heavy atom. The Morgan fingerprint density at radius 2 is 1.86 bits per heavy atom. The van der Waals surface area contributed by atoms with Gasteiger partial charge < -0.3 is 10.0 Å². The van der Waals surface area contributed by atoms with Crippen LogP contribution in [0.5, 0.6) is 0 Å². The molecule has 8 heteroatoms. The molecule has 1 aliphatic carbocycles. The van der Waals surface area contributed by atoms with E-state index in [1.807, 2.05) is 0 Å². The van der Waals surface area contributed by atoms with Gasteiger partial charge in [-0.05, 0) is 48.2 Å². The van der Waals surface area contributed by atoms with E-state index in [1.165, 1.54) is 36.2 Å². The van der Waals surface area contributed by atoms with Crippen LogP contribution in [0.3, 0.4) is 0 Å². The number of carbonyl (C=O) groups is 1. The number of nitrogens with zero attached hydrogens (tertiary/aromatic N) is 2. The molecular weight excluding hydrogens is 388 g/mol. The molecule has 4 nitrogen and oxygen atoms in total. The molecule has 0 bridgehead atoms. The number of aliphatic hydroxyl groups excluding tert-OH is 1. The molecule has 29 heavy (non-hydrogen) atoms. The zero-order valence-corrected chi connectivity index (χ0v) is 15.9. The zero-order chi connectivity index (χ0) is 21.2. The van der Waals surface area contributed by atoms with Crippen molar-refractivity contribution in [1.29, 1.82) is 0 Å². The molecule has 3 rings (SSSR count). The van der Waals surface area contributed by atoms with Gasteiger partial charge in [0.15, 0.2) is 0 Å². The average Bonchev–Trinajstić information content (AvgIpc) is 3.18. The third-order valence-corrected chi connectivity index (χ3v) is 5.33. The highest BCUT2D eigenvalue weighted by molar-refractivity contribution is 5.74. The summed E-state index contributed by atoms with van der Waals surface area (Å²) in [6.45, 7) is 1.35. The van der Waals surface area contributed by atoms with Crippen molar-refractivity contribution in [2.45, 2.75) is 57.0 Å². The standard InChI is InChI=1S/C21H22F4N2O2/c1-13(28)27(17-7-2-3-8-17)19(14-9-10-26-18(22)12-14)20(29)15-5-4-6-16(11-15)21(23,24)25/h4-6,9-12,17,19-20,29H,2-3,7-8H2,1H3. The van der Waals surface area contributed by atoms with Crippen molar-refractivity contribution in [2.75, 3.05) is 0 Å². The van der Waals surface area contributed by atoms with Crippen LogP contribution in [0.2, 0.25) is 0 Å². The maximum absolute atomic E-state index is 13.8. The Labute approximate surface area is 166 Å². The molecule has 1 N–H and O–H groups in total. The maximum Gasteiger partial charge on any atom is 0.416 e. The molecule has 1 aliphatic rings. The lowest BCUT2D eigenvalue weighted by molar-refractivity contribution is -0.139. The number of hydrogen-bond donors (Lipinski definition) is 1. The highest BCUT2D eigenvalue weighted by Gasteiger charge is 2.38. The molecule has 1 amide bonds. The van der Waals surface area contributed by atoms with Crippen molar-refractivity contribution in [3.8, 4) is 0 Å². The van der Waals surface area contributed by atoms with E-state index in [0.717, 1.165) is 43.9 Å².